The van der Waals surface area contributed by atoms with Gasteiger partial charge in [0.1, 0.15) is 0 Å². The van der Waals surface area contributed by atoms with Crippen LogP contribution in [0.15, 0.2) is 48.5 Å². The Labute approximate surface area is 310 Å². The zero-order valence-electron chi connectivity index (χ0n) is 27.1. The zero-order valence-corrected chi connectivity index (χ0v) is 30.4. The molecular weight excluding hydrogens is 758 g/mol. The summed E-state index contributed by atoms with van der Waals surface area (Å²) in [5, 5.41) is 45.3. The maximum atomic E-state index is 11.4. The number of alkyl halides is 1. The standard InChI is InChI=1S/C16H21NO6S.C13H16O4S.C4H7BrO2.CH4/c18-14(17-23)6-8-24-7-2-5-13(16(21)22)10-11-3-1-4-12(9-11)15(19)20;14-12(15)10-4-1-3-9(7-10)8-11(13(16)17)5-2-6-18;1-7-4(6)2-3-5;/h1,3-4,9,13,23H,2,5-8,10H2,(H,17,18)(H,19,20)(H,21,22);1,3-4,7,11,18H,2,5-6,8H2,(H,14,15)(H,16,17);2-3H2,1H3;1H4. The van der Waals surface area contributed by atoms with Crippen molar-refractivity contribution in [2.24, 2.45) is 11.8 Å². The summed E-state index contributed by atoms with van der Waals surface area (Å²) in [4.78, 5) is 65.2. The summed E-state index contributed by atoms with van der Waals surface area (Å²) in [5.41, 5.74) is 3.32. The average Bonchev–Trinajstić information content (AvgIpc) is 3.08. The van der Waals surface area contributed by atoms with Gasteiger partial charge in [-0.15, -0.1) is 0 Å². The maximum Gasteiger partial charge on any atom is 0.335 e. The summed E-state index contributed by atoms with van der Waals surface area (Å²) in [5.74, 6) is -3.52. The third kappa shape index (κ3) is 22.9. The number of hydrogen-bond acceptors (Lipinski definition) is 10. The van der Waals surface area contributed by atoms with Crippen LogP contribution in [0.5, 0.6) is 0 Å². The van der Waals surface area contributed by atoms with E-state index >= 15 is 0 Å². The molecule has 0 saturated carbocycles. The van der Waals surface area contributed by atoms with Crippen LogP contribution in [-0.2, 0) is 36.8 Å². The van der Waals surface area contributed by atoms with E-state index < -0.39 is 41.6 Å². The number of ether oxygens (including phenoxy) is 1. The van der Waals surface area contributed by atoms with Crippen molar-refractivity contribution in [1.82, 2.24) is 5.48 Å². The van der Waals surface area contributed by atoms with E-state index in [1.54, 1.807) is 29.7 Å². The third-order valence-electron chi connectivity index (χ3n) is 6.69. The molecule has 0 heterocycles. The number of carbonyl (C=O) groups excluding carboxylic acids is 2. The van der Waals surface area contributed by atoms with Gasteiger partial charge in [-0.1, -0.05) is 47.6 Å². The summed E-state index contributed by atoms with van der Waals surface area (Å²) in [6.45, 7) is 0. The molecule has 0 aliphatic heterocycles. The molecule has 0 bridgehead atoms. The first kappa shape index (κ1) is 48.5. The van der Waals surface area contributed by atoms with Crippen molar-refractivity contribution in [3.05, 3.63) is 70.8 Å². The monoisotopic (exact) mass is 805 g/mol. The number of rotatable bonds is 20. The number of thioether (sulfide) groups is 1. The van der Waals surface area contributed by atoms with Gasteiger partial charge >= 0.3 is 29.8 Å². The molecule has 2 aromatic carbocycles. The molecule has 0 spiro atoms. The predicted molar refractivity (Wildman–Crippen MR) is 198 cm³/mol. The number of thiol groups is 1. The van der Waals surface area contributed by atoms with E-state index in [2.05, 4.69) is 33.3 Å². The van der Waals surface area contributed by atoms with Gasteiger partial charge in [0, 0.05) is 17.5 Å². The van der Waals surface area contributed by atoms with Crippen LogP contribution in [0.1, 0.15) is 77.8 Å². The fourth-order valence-corrected chi connectivity index (χ4v) is 5.54. The fourth-order valence-electron chi connectivity index (χ4n) is 4.13. The molecular formula is C34H48BrNO12S2. The van der Waals surface area contributed by atoms with Crippen LogP contribution < -0.4 is 5.48 Å². The molecule has 2 aromatic rings. The smallest absolute Gasteiger partial charge is 0.335 e. The Kier molecular flexibility index (Phi) is 28.3. The van der Waals surface area contributed by atoms with Crippen molar-refractivity contribution >= 4 is 76.1 Å². The second-order valence-electron chi connectivity index (χ2n) is 10.4. The highest BCUT2D eigenvalue weighted by Gasteiger charge is 2.19. The Morgan fingerprint density at radius 2 is 1.28 bits per heavy atom. The van der Waals surface area contributed by atoms with Crippen molar-refractivity contribution in [1.29, 1.82) is 0 Å². The van der Waals surface area contributed by atoms with Crippen LogP contribution in [0, 0.1) is 11.8 Å². The molecule has 0 fully saturated rings. The minimum absolute atomic E-state index is 0. The normalized spacial score (nSPS) is 11.1. The van der Waals surface area contributed by atoms with Gasteiger partial charge in [0.25, 0.3) is 0 Å². The van der Waals surface area contributed by atoms with Crippen molar-refractivity contribution in [2.75, 3.05) is 29.7 Å². The molecule has 280 valence electrons. The quantitative estimate of drug-likeness (QED) is 0.0205. The number of esters is 1. The third-order valence-corrected chi connectivity index (χ3v) is 8.47. The first-order valence-corrected chi connectivity index (χ1v) is 18.0. The zero-order chi connectivity index (χ0) is 37.2. The van der Waals surface area contributed by atoms with E-state index in [0.29, 0.717) is 54.5 Å². The number of aromatic carboxylic acids is 2. The number of nitrogens with one attached hydrogen (secondary N) is 1. The van der Waals surface area contributed by atoms with Crippen molar-refractivity contribution in [3.63, 3.8) is 0 Å². The molecule has 16 heteroatoms. The number of carbonyl (C=O) groups is 6. The minimum Gasteiger partial charge on any atom is -0.481 e. The fraction of sp³-hybridized carbons (Fsp3) is 0.471. The molecule has 2 atom stereocenters. The largest absolute Gasteiger partial charge is 0.481 e. The summed E-state index contributed by atoms with van der Waals surface area (Å²) < 4.78 is 4.32. The second-order valence-corrected chi connectivity index (χ2v) is 12.9. The first-order chi connectivity index (χ1) is 23.3. The number of hydrogen-bond donors (Lipinski definition) is 7. The van der Waals surface area contributed by atoms with E-state index in [-0.39, 0.29) is 37.4 Å². The molecule has 2 rings (SSSR count). The van der Waals surface area contributed by atoms with E-state index in [1.807, 2.05) is 0 Å². The molecule has 0 saturated heterocycles. The van der Waals surface area contributed by atoms with Crippen LogP contribution in [0.4, 0.5) is 0 Å². The van der Waals surface area contributed by atoms with Crippen LogP contribution in [0.2, 0.25) is 0 Å². The number of carboxylic acid groups (broad SMARTS) is 4. The highest BCUT2D eigenvalue weighted by Crippen LogP contribution is 2.19. The predicted octanol–water partition coefficient (Wildman–Crippen LogP) is 5.96. The van der Waals surface area contributed by atoms with E-state index in [4.69, 9.17) is 20.5 Å². The lowest BCUT2D eigenvalue weighted by Crippen LogP contribution is -2.19. The van der Waals surface area contributed by atoms with Crippen molar-refractivity contribution < 1.29 is 59.1 Å². The molecule has 6 N–H and O–H groups in total. The topological polar surface area (TPSA) is 225 Å². The van der Waals surface area contributed by atoms with Gasteiger partial charge in [-0.05, 0) is 85.4 Å². The van der Waals surface area contributed by atoms with Crippen LogP contribution in [0.25, 0.3) is 0 Å². The molecule has 0 radical (unpaired) electrons. The lowest BCUT2D eigenvalue weighted by molar-refractivity contribution is -0.142. The summed E-state index contributed by atoms with van der Waals surface area (Å²) >= 11 is 8.67. The van der Waals surface area contributed by atoms with Crippen molar-refractivity contribution in [3.8, 4) is 0 Å². The van der Waals surface area contributed by atoms with Crippen LogP contribution >= 0.6 is 40.3 Å². The first-order valence-electron chi connectivity index (χ1n) is 15.1. The second kappa shape index (κ2) is 29.2. The maximum absolute atomic E-state index is 11.4. The van der Waals surface area contributed by atoms with Crippen LogP contribution in [-0.4, -0.2) is 91.1 Å². The highest BCUT2D eigenvalue weighted by molar-refractivity contribution is 9.09. The Morgan fingerprint density at radius 3 is 1.64 bits per heavy atom. The van der Waals surface area contributed by atoms with E-state index in [0.717, 1.165) is 17.7 Å². The molecule has 1 amide bonds. The number of aliphatic carboxylic acids is 2. The number of amides is 1. The van der Waals surface area contributed by atoms with Gasteiger partial charge in [0.05, 0.1) is 36.5 Å². The molecule has 50 heavy (non-hydrogen) atoms. The number of carboxylic acids is 4. The van der Waals surface area contributed by atoms with Gasteiger partial charge in [0.2, 0.25) is 5.91 Å². The summed E-state index contributed by atoms with van der Waals surface area (Å²) in [7, 11) is 1.38. The molecule has 2 unspecified atom stereocenters. The average molecular weight is 807 g/mol. The van der Waals surface area contributed by atoms with Gasteiger partial charge in [-0.3, -0.25) is 24.4 Å². The Balaban J connectivity index is 0. The highest BCUT2D eigenvalue weighted by atomic mass is 79.9. The minimum atomic E-state index is -1.04. The lowest BCUT2D eigenvalue weighted by atomic mass is 9.94. The Bertz CT molecular complexity index is 1340. The SMILES string of the molecule is C.COC(=O)CCBr.O=C(CCSCCCC(Cc1cccc(C(=O)O)c1)C(=O)O)NO.O=C(O)c1cccc(CC(CCCS)C(=O)O)c1. The van der Waals surface area contributed by atoms with E-state index in [9.17, 15) is 33.9 Å². The molecule has 0 aliphatic carbocycles. The number of hydroxylamine groups is 1. The van der Waals surface area contributed by atoms with Gasteiger partial charge in [-0.2, -0.15) is 24.4 Å². The van der Waals surface area contributed by atoms with Crippen molar-refractivity contribution in [2.45, 2.75) is 58.8 Å². The van der Waals surface area contributed by atoms with E-state index in [1.165, 1.54) is 43.1 Å². The Morgan fingerprint density at radius 1 is 0.800 bits per heavy atom. The van der Waals surface area contributed by atoms with Gasteiger partial charge < -0.3 is 25.2 Å². The molecule has 0 aliphatic rings. The molecule has 13 nitrogen and oxygen atoms in total. The van der Waals surface area contributed by atoms with Crippen LogP contribution in [0.3, 0.4) is 0 Å². The summed E-state index contributed by atoms with van der Waals surface area (Å²) in [6.07, 6.45) is 3.75. The number of halogens is 1. The number of benzene rings is 2. The number of methoxy groups -OCH3 is 1. The van der Waals surface area contributed by atoms with Gasteiger partial charge in [0.15, 0.2) is 0 Å². The molecule has 0 aromatic heterocycles. The summed E-state index contributed by atoms with van der Waals surface area (Å²) in [6, 6.07) is 12.7. The lowest BCUT2D eigenvalue weighted by Gasteiger charge is -2.12. The Hall–Kier alpha value is -3.60. The van der Waals surface area contributed by atoms with Gasteiger partial charge in [-0.25, -0.2) is 15.1 Å².